The minimum Gasteiger partial charge on any atom is -0.310 e. The number of fused-ring (bicyclic) bond motifs is 1. The largest absolute Gasteiger partial charge is 0.310 e. The Hall–Kier alpha value is -1.15. The molecule has 1 aliphatic heterocycles. The van der Waals surface area contributed by atoms with E-state index in [0.717, 1.165) is 5.92 Å². The first-order valence-corrected chi connectivity index (χ1v) is 5.79. The molecule has 1 aromatic heterocycles. The maximum atomic E-state index is 4.21. The van der Waals surface area contributed by atoms with Crippen molar-refractivity contribution < 1.29 is 0 Å². The number of hydrogen-bond acceptors (Lipinski definition) is 2. The molecule has 1 N–H and O–H groups in total. The van der Waals surface area contributed by atoms with Crippen molar-refractivity contribution in [3.8, 4) is 0 Å². The third kappa shape index (κ3) is 1.59. The molecule has 1 aliphatic carbocycles. The molecule has 0 unspecified atom stereocenters. The molecule has 78 valence electrons. The number of nitrogens with one attached hydrogen (secondary N) is 1. The fourth-order valence-corrected chi connectivity index (χ4v) is 2.84. The second kappa shape index (κ2) is 3.78. The SMILES string of the molecule is C1=C(c2cccnc2)[C@@H]2NCC[C@@H]2CC1. The van der Waals surface area contributed by atoms with E-state index in [1.807, 2.05) is 18.5 Å². The van der Waals surface area contributed by atoms with Gasteiger partial charge in [0, 0.05) is 18.4 Å². The molecule has 1 aromatic rings. The second-order valence-corrected chi connectivity index (χ2v) is 4.46. The van der Waals surface area contributed by atoms with Gasteiger partial charge in [0.1, 0.15) is 0 Å². The lowest BCUT2D eigenvalue weighted by molar-refractivity contribution is 0.470. The van der Waals surface area contributed by atoms with Crippen LogP contribution in [0.15, 0.2) is 30.6 Å². The second-order valence-electron chi connectivity index (χ2n) is 4.46. The predicted molar refractivity (Wildman–Crippen MR) is 61.3 cm³/mol. The summed E-state index contributed by atoms with van der Waals surface area (Å²) in [7, 11) is 0. The van der Waals surface area contributed by atoms with Crippen molar-refractivity contribution in [3.05, 3.63) is 36.2 Å². The number of pyridine rings is 1. The van der Waals surface area contributed by atoms with Gasteiger partial charge < -0.3 is 5.32 Å². The Kier molecular flexibility index (Phi) is 2.29. The van der Waals surface area contributed by atoms with Gasteiger partial charge in [0.25, 0.3) is 0 Å². The van der Waals surface area contributed by atoms with Crippen LogP contribution in [-0.2, 0) is 0 Å². The average Bonchev–Trinajstić information content (AvgIpc) is 2.78. The molecular weight excluding hydrogens is 184 g/mol. The molecular formula is C13H16N2. The highest BCUT2D eigenvalue weighted by Crippen LogP contribution is 2.35. The number of rotatable bonds is 1. The Morgan fingerprint density at radius 1 is 1.33 bits per heavy atom. The molecule has 0 amide bonds. The minimum absolute atomic E-state index is 0.586. The minimum atomic E-state index is 0.586. The first kappa shape index (κ1) is 9.10. The molecule has 3 rings (SSSR count). The highest BCUT2D eigenvalue weighted by atomic mass is 15.0. The molecule has 1 saturated heterocycles. The van der Waals surface area contributed by atoms with Gasteiger partial charge in [-0.1, -0.05) is 12.1 Å². The fourth-order valence-electron chi connectivity index (χ4n) is 2.84. The first-order valence-electron chi connectivity index (χ1n) is 5.79. The van der Waals surface area contributed by atoms with Crippen LogP contribution in [0.3, 0.4) is 0 Å². The maximum Gasteiger partial charge on any atom is 0.0352 e. The molecule has 1 fully saturated rings. The Balaban J connectivity index is 1.95. The molecule has 0 saturated carbocycles. The van der Waals surface area contributed by atoms with Crippen LogP contribution in [0.4, 0.5) is 0 Å². The van der Waals surface area contributed by atoms with Gasteiger partial charge in [0.2, 0.25) is 0 Å². The maximum absolute atomic E-state index is 4.21. The molecule has 2 nitrogen and oxygen atoms in total. The van der Waals surface area contributed by atoms with Crippen LogP contribution in [0.2, 0.25) is 0 Å². The number of hydrogen-bond donors (Lipinski definition) is 1. The fraction of sp³-hybridized carbons (Fsp3) is 0.462. The molecule has 15 heavy (non-hydrogen) atoms. The highest BCUT2D eigenvalue weighted by Gasteiger charge is 2.32. The van der Waals surface area contributed by atoms with Crippen LogP contribution < -0.4 is 5.32 Å². The van der Waals surface area contributed by atoms with E-state index >= 15 is 0 Å². The van der Waals surface area contributed by atoms with E-state index < -0.39 is 0 Å². The molecule has 2 heterocycles. The topological polar surface area (TPSA) is 24.9 Å². The summed E-state index contributed by atoms with van der Waals surface area (Å²) in [6.45, 7) is 1.17. The lowest BCUT2D eigenvalue weighted by Gasteiger charge is -2.26. The summed E-state index contributed by atoms with van der Waals surface area (Å²) >= 11 is 0. The van der Waals surface area contributed by atoms with Gasteiger partial charge in [-0.25, -0.2) is 0 Å². The molecule has 0 radical (unpaired) electrons. The van der Waals surface area contributed by atoms with E-state index in [1.54, 1.807) is 0 Å². The van der Waals surface area contributed by atoms with E-state index in [1.165, 1.54) is 36.9 Å². The van der Waals surface area contributed by atoms with Crippen LogP contribution >= 0.6 is 0 Å². The van der Waals surface area contributed by atoms with Crippen molar-refractivity contribution in [2.24, 2.45) is 5.92 Å². The van der Waals surface area contributed by atoms with E-state index in [9.17, 15) is 0 Å². The van der Waals surface area contributed by atoms with Crippen molar-refractivity contribution in [1.82, 2.24) is 10.3 Å². The van der Waals surface area contributed by atoms with Crippen LogP contribution in [-0.4, -0.2) is 17.6 Å². The van der Waals surface area contributed by atoms with Crippen molar-refractivity contribution in [2.45, 2.75) is 25.3 Å². The van der Waals surface area contributed by atoms with Crippen molar-refractivity contribution in [3.63, 3.8) is 0 Å². The summed E-state index contributed by atoms with van der Waals surface area (Å²) in [5.41, 5.74) is 2.76. The molecule has 2 atom stereocenters. The van der Waals surface area contributed by atoms with E-state index in [0.29, 0.717) is 6.04 Å². The third-order valence-electron chi connectivity index (χ3n) is 3.58. The Labute approximate surface area is 90.4 Å². The zero-order chi connectivity index (χ0) is 10.1. The van der Waals surface area contributed by atoms with Gasteiger partial charge >= 0.3 is 0 Å². The smallest absolute Gasteiger partial charge is 0.0352 e. The molecule has 0 aromatic carbocycles. The van der Waals surface area contributed by atoms with Gasteiger partial charge in [-0.05, 0) is 48.9 Å². The van der Waals surface area contributed by atoms with E-state index in [-0.39, 0.29) is 0 Å². The van der Waals surface area contributed by atoms with Crippen molar-refractivity contribution >= 4 is 5.57 Å². The van der Waals surface area contributed by atoms with Gasteiger partial charge in [-0.15, -0.1) is 0 Å². The first-order chi connectivity index (χ1) is 7.45. The standard InChI is InChI=1S/C13H16N2/c1-3-10-6-8-15-13(10)12(5-1)11-4-2-7-14-9-11/h2,4-5,7,9-10,13,15H,1,3,6,8H2/t10-,13+/m0/s1. The predicted octanol–water partition coefficient (Wildman–Crippen LogP) is 2.24. The molecule has 2 heteroatoms. The van der Waals surface area contributed by atoms with Gasteiger partial charge in [0.05, 0.1) is 0 Å². The van der Waals surface area contributed by atoms with E-state index in [2.05, 4.69) is 22.4 Å². The van der Waals surface area contributed by atoms with Crippen LogP contribution in [0.5, 0.6) is 0 Å². The summed E-state index contributed by atoms with van der Waals surface area (Å²) in [4.78, 5) is 4.21. The molecule has 2 aliphatic rings. The number of allylic oxidation sites excluding steroid dienone is 1. The van der Waals surface area contributed by atoms with Crippen molar-refractivity contribution in [1.29, 1.82) is 0 Å². The number of nitrogens with zero attached hydrogens (tertiary/aromatic N) is 1. The number of aromatic nitrogens is 1. The highest BCUT2D eigenvalue weighted by molar-refractivity contribution is 5.70. The van der Waals surface area contributed by atoms with Crippen LogP contribution in [0, 0.1) is 5.92 Å². The van der Waals surface area contributed by atoms with Crippen LogP contribution in [0.1, 0.15) is 24.8 Å². The zero-order valence-electron chi connectivity index (χ0n) is 8.82. The lowest BCUT2D eigenvalue weighted by atomic mass is 9.82. The summed E-state index contributed by atoms with van der Waals surface area (Å²) in [6, 6.07) is 4.78. The average molecular weight is 200 g/mol. The van der Waals surface area contributed by atoms with Gasteiger partial charge in [-0.2, -0.15) is 0 Å². The monoisotopic (exact) mass is 200 g/mol. The Morgan fingerprint density at radius 3 is 3.20 bits per heavy atom. The third-order valence-corrected chi connectivity index (χ3v) is 3.58. The summed E-state index contributed by atoms with van der Waals surface area (Å²) in [6.07, 6.45) is 10.1. The molecule has 0 bridgehead atoms. The Bertz CT molecular complexity index is 369. The zero-order valence-corrected chi connectivity index (χ0v) is 8.82. The summed E-state index contributed by atoms with van der Waals surface area (Å²) in [5.74, 6) is 0.852. The molecule has 0 spiro atoms. The normalized spacial score (nSPS) is 29.7. The summed E-state index contributed by atoms with van der Waals surface area (Å²) < 4.78 is 0. The van der Waals surface area contributed by atoms with Crippen LogP contribution in [0.25, 0.3) is 5.57 Å². The van der Waals surface area contributed by atoms with Gasteiger partial charge in [-0.3, -0.25) is 4.98 Å². The quantitative estimate of drug-likeness (QED) is 0.752. The van der Waals surface area contributed by atoms with Gasteiger partial charge in [0.15, 0.2) is 0 Å². The Morgan fingerprint density at radius 2 is 2.33 bits per heavy atom. The van der Waals surface area contributed by atoms with Crippen molar-refractivity contribution in [2.75, 3.05) is 6.54 Å². The summed E-state index contributed by atoms with van der Waals surface area (Å²) in [5, 5.41) is 3.61. The lowest BCUT2D eigenvalue weighted by Crippen LogP contribution is -2.30. The van der Waals surface area contributed by atoms with E-state index in [4.69, 9.17) is 0 Å².